The van der Waals surface area contributed by atoms with Crippen LogP contribution in [-0.2, 0) is 13.0 Å². The van der Waals surface area contributed by atoms with Gasteiger partial charge in [0.15, 0.2) is 5.58 Å². The molecule has 0 saturated heterocycles. The summed E-state index contributed by atoms with van der Waals surface area (Å²) in [6.45, 7) is 11.6. The summed E-state index contributed by atoms with van der Waals surface area (Å²) < 4.78 is 6.04. The third-order valence-electron chi connectivity index (χ3n) is 3.36. The molecule has 2 rings (SSSR count). The molecule has 0 radical (unpaired) electrons. The second kappa shape index (κ2) is 6.19. The largest absolute Gasteiger partial charge is 0.458 e. The molecule has 1 N–H and O–H groups in total. The van der Waals surface area contributed by atoms with Crippen LogP contribution in [0.5, 0.6) is 0 Å². The highest BCUT2D eigenvalue weighted by Crippen LogP contribution is 2.34. The van der Waals surface area contributed by atoms with Crippen molar-refractivity contribution < 1.29 is 4.42 Å². The molecular formula is C17H24ClNO. The van der Waals surface area contributed by atoms with Crippen molar-refractivity contribution in [3.05, 3.63) is 34.0 Å². The average Bonchev–Trinajstić information content (AvgIpc) is 2.65. The van der Waals surface area contributed by atoms with E-state index in [-0.39, 0.29) is 0 Å². The minimum atomic E-state index is 0.437. The number of hydrogen-bond donors (Lipinski definition) is 1. The lowest BCUT2D eigenvalue weighted by atomic mass is 9.99. The highest BCUT2D eigenvalue weighted by Gasteiger charge is 2.17. The first-order valence-electron chi connectivity index (χ1n) is 7.32. The van der Waals surface area contributed by atoms with Gasteiger partial charge in [-0.2, -0.15) is 0 Å². The molecule has 0 bridgehead atoms. The van der Waals surface area contributed by atoms with Crippen LogP contribution in [0.4, 0.5) is 0 Å². The Hall–Kier alpha value is -0.990. The summed E-state index contributed by atoms with van der Waals surface area (Å²) in [6, 6.07) is 4.58. The smallest absolute Gasteiger partial charge is 0.153 e. The molecule has 0 spiro atoms. The van der Waals surface area contributed by atoms with Crippen LogP contribution >= 0.6 is 11.6 Å². The monoisotopic (exact) mass is 293 g/mol. The Balaban J connectivity index is 2.51. The Morgan fingerprint density at radius 3 is 2.50 bits per heavy atom. The number of aryl methyl sites for hydroxylation is 1. The van der Waals surface area contributed by atoms with Gasteiger partial charge in [-0.1, -0.05) is 39.3 Å². The molecule has 110 valence electrons. The molecule has 1 heterocycles. The summed E-state index contributed by atoms with van der Waals surface area (Å²) in [5, 5.41) is 5.31. The Kier molecular flexibility index (Phi) is 4.77. The van der Waals surface area contributed by atoms with Crippen LogP contribution in [0.15, 0.2) is 16.5 Å². The van der Waals surface area contributed by atoms with Crippen molar-refractivity contribution in [2.45, 2.75) is 53.6 Å². The van der Waals surface area contributed by atoms with E-state index < -0.39 is 0 Å². The number of rotatable bonds is 5. The van der Waals surface area contributed by atoms with Crippen LogP contribution in [-0.4, -0.2) is 6.04 Å². The number of benzene rings is 1. The number of hydrogen-bond acceptors (Lipinski definition) is 2. The molecule has 0 atom stereocenters. The lowest BCUT2D eigenvalue weighted by molar-refractivity contribution is 0.478. The second-order valence-electron chi connectivity index (χ2n) is 6.26. The predicted octanol–water partition coefficient (Wildman–Crippen LogP) is 5.09. The molecule has 0 aliphatic rings. The van der Waals surface area contributed by atoms with Crippen LogP contribution in [0.3, 0.4) is 0 Å². The quantitative estimate of drug-likeness (QED) is 0.830. The van der Waals surface area contributed by atoms with Gasteiger partial charge in [-0.05, 0) is 37.0 Å². The van der Waals surface area contributed by atoms with Gasteiger partial charge in [0.05, 0.1) is 11.6 Å². The lowest BCUT2D eigenvalue weighted by Crippen LogP contribution is -2.22. The topological polar surface area (TPSA) is 25.2 Å². The summed E-state index contributed by atoms with van der Waals surface area (Å²) >= 11 is 6.33. The van der Waals surface area contributed by atoms with E-state index in [1.165, 1.54) is 16.5 Å². The minimum Gasteiger partial charge on any atom is -0.458 e. The molecule has 0 unspecified atom stereocenters. The van der Waals surface area contributed by atoms with E-state index in [4.69, 9.17) is 16.0 Å². The Labute approximate surface area is 126 Å². The maximum Gasteiger partial charge on any atom is 0.153 e. The molecule has 3 heteroatoms. The maximum absolute atomic E-state index is 6.33. The number of nitrogens with one attached hydrogen (secondary N) is 1. The zero-order valence-corrected chi connectivity index (χ0v) is 13.8. The van der Waals surface area contributed by atoms with Gasteiger partial charge in [-0.25, -0.2) is 0 Å². The molecule has 0 aliphatic heterocycles. The summed E-state index contributed by atoms with van der Waals surface area (Å²) in [5.41, 5.74) is 3.30. The van der Waals surface area contributed by atoms with Gasteiger partial charge in [0.25, 0.3) is 0 Å². The first-order chi connectivity index (χ1) is 9.38. The third kappa shape index (κ3) is 3.36. The number of halogens is 1. The van der Waals surface area contributed by atoms with Crippen LogP contribution in [0.2, 0.25) is 5.02 Å². The molecule has 0 saturated carbocycles. The Morgan fingerprint density at radius 1 is 1.20 bits per heavy atom. The van der Waals surface area contributed by atoms with Crippen molar-refractivity contribution in [3.8, 4) is 0 Å². The van der Waals surface area contributed by atoms with Crippen molar-refractivity contribution in [2.75, 3.05) is 0 Å². The van der Waals surface area contributed by atoms with Crippen LogP contribution in [0, 0.1) is 12.8 Å². The summed E-state index contributed by atoms with van der Waals surface area (Å²) in [6.07, 6.45) is 1.02. The van der Waals surface area contributed by atoms with Crippen molar-refractivity contribution in [1.82, 2.24) is 5.32 Å². The Morgan fingerprint density at radius 2 is 1.90 bits per heavy atom. The fraction of sp³-hybridized carbons (Fsp3) is 0.529. The molecule has 1 aromatic heterocycles. The van der Waals surface area contributed by atoms with Gasteiger partial charge in [0, 0.05) is 17.0 Å². The van der Waals surface area contributed by atoms with E-state index >= 15 is 0 Å². The Bertz CT molecular complexity index is 599. The van der Waals surface area contributed by atoms with Crippen molar-refractivity contribution in [2.24, 2.45) is 5.92 Å². The van der Waals surface area contributed by atoms with Gasteiger partial charge in [0.2, 0.25) is 0 Å². The summed E-state index contributed by atoms with van der Waals surface area (Å²) in [4.78, 5) is 0. The normalized spacial score (nSPS) is 12.0. The third-order valence-corrected chi connectivity index (χ3v) is 3.64. The van der Waals surface area contributed by atoms with E-state index in [1.54, 1.807) is 0 Å². The first-order valence-corrected chi connectivity index (χ1v) is 7.70. The molecule has 2 aromatic rings. The molecule has 0 aliphatic carbocycles. The van der Waals surface area contributed by atoms with Gasteiger partial charge in [-0.3, -0.25) is 0 Å². The highest BCUT2D eigenvalue weighted by atomic mass is 35.5. The van der Waals surface area contributed by atoms with Crippen molar-refractivity contribution in [3.63, 3.8) is 0 Å². The fourth-order valence-electron chi connectivity index (χ4n) is 2.46. The molecule has 0 amide bonds. The van der Waals surface area contributed by atoms with E-state index in [2.05, 4.69) is 46.0 Å². The summed E-state index contributed by atoms with van der Waals surface area (Å²) in [5.74, 6) is 1.61. The SMILES string of the molecule is Cc1cc(Cl)c2oc(CNC(C)C)c(CC(C)C)c2c1. The van der Waals surface area contributed by atoms with E-state index in [0.717, 1.165) is 24.3 Å². The number of furan rings is 1. The van der Waals surface area contributed by atoms with Crippen LogP contribution in [0.25, 0.3) is 11.0 Å². The number of fused-ring (bicyclic) bond motifs is 1. The zero-order valence-electron chi connectivity index (χ0n) is 13.0. The standard InChI is InChI=1S/C17H24ClNO/c1-10(2)6-13-14-7-12(5)8-15(18)17(14)20-16(13)9-19-11(3)4/h7-8,10-11,19H,6,9H2,1-5H3. The molecule has 0 fully saturated rings. The van der Waals surface area contributed by atoms with Gasteiger partial charge >= 0.3 is 0 Å². The molecule has 20 heavy (non-hydrogen) atoms. The van der Waals surface area contributed by atoms with E-state index in [0.29, 0.717) is 17.0 Å². The minimum absolute atomic E-state index is 0.437. The van der Waals surface area contributed by atoms with Gasteiger partial charge in [0.1, 0.15) is 5.76 Å². The van der Waals surface area contributed by atoms with Crippen molar-refractivity contribution in [1.29, 1.82) is 0 Å². The van der Waals surface area contributed by atoms with Crippen LogP contribution < -0.4 is 5.32 Å². The van der Waals surface area contributed by atoms with E-state index in [9.17, 15) is 0 Å². The van der Waals surface area contributed by atoms with Crippen molar-refractivity contribution >= 4 is 22.6 Å². The fourth-order valence-corrected chi connectivity index (χ4v) is 2.78. The van der Waals surface area contributed by atoms with Crippen LogP contribution in [0.1, 0.15) is 44.6 Å². The maximum atomic E-state index is 6.33. The van der Waals surface area contributed by atoms with Gasteiger partial charge in [-0.15, -0.1) is 0 Å². The summed E-state index contributed by atoms with van der Waals surface area (Å²) in [7, 11) is 0. The molecule has 2 nitrogen and oxygen atoms in total. The van der Waals surface area contributed by atoms with E-state index in [1.807, 2.05) is 6.07 Å². The predicted molar refractivity (Wildman–Crippen MR) is 86.5 cm³/mol. The molecular weight excluding hydrogens is 270 g/mol. The lowest BCUT2D eigenvalue weighted by Gasteiger charge is -2.09. The highest BCUT2D eigenvalue weighted by molar-refractivity contribution is 6.35. The first kappa shape index (κ1) is 15.4. The molecule has 1 aromatic carbocycles. The second-order valence-corrected chi connectivity index (χ2v) is 6.67. The van der Waals surface area contributed by atoms with Gasteiger partial charge < -0.3 is 9.73 Å². The average molecular weight is 294 g/mol. The zero-order chi connectivity index (χ0) is 14.9.